The predicted octanol–water partition coefficient (Wildman–Crippen LogP) is 3.85. The topological polar surface area (TPSA) is 106 Å². The van der Waals surface area contributed by atoms with E-state index >= 15 is 0 Å². The fourth-order valence-corrected chi connectivity index (χ4v) is 4.23. The summed E-state index contributed by atoms with van der Waals surface area (Å²) < 4.78 is 17.8. The van der Waals surface area contributed by atoms with E-state index in [1.807, 2.05) is 37.3 Å². The van der Waals surface area contributed by atoms with Crippen LogP contribution in [0.15, 0.2) is 42.7 Å². The lowest BCUT2D eigenvalue weighted by Gasteiger charge is -2.23. The van der Waals surface area contributed by atoms with E-state index in [1.165, 1.54) is 17.6 Å². The van der Waals surface area contributed by atoms with Crippen molar-refractivity contribution in [2.45, 2.75) is 45.3 Å². The first-order chi connectivity index (χ1) is 17.5. The number of fused-ring (bicyclic) bond motifs is 1. The molecule has 0 aliphatic carbocycles. The summed E-state index contributed by atoms with van der Waals surface area (Å²) in [5.41, 5.74) is 2.53. The minimum atomic E-state index is -0.743. The standard InChI is InChI=1S/C27H34N4O5/c1-18-15-20(10-11-23(18)35-16-21-7-4-5-14-34-21)30-26-25-22(28-17-29-26)8-6-9-24(25)36-19(2)27(33)31(3)12-13-32/h6,8-11,15,17,19,21,32H,4-5,7,12-14,16H2,1-3H3,(H,28,29,30). The number of hydrogen-bond acceptors (Lipinski definition) is 8. The Morgan fingerprint density at radius 3 is 2.86 bits per heavy atom. The normalized spacial score (nSPS) is 16.4. The number of nitrogens with one attached hydrogen (secondary N) is 1. The maximum atomic E-state index is 12.6. The third-order valence-electron chi connectivity index (χ3n) is 6.22. The maximum absolute atomic E-state index is 12.6. The number of carbonyl (C=O) groups excluding carboxylic acids is 1. The molecule has 2 unspecified atom stereocenters. The first kappa shape index (κ1) is 25.7. The molecule has 0 saturated carbocycles. The van der Waals surface area contributed by atoms with Gasteiger partial charge in [-0.1, -0.05) is 6.07 Å². The minimum absolute atomic E-state index is 0.108. The van der Waals surface area contributed by atoms with Gasteiger partial charge in [0.2, 0.25) is 0 Å². The number of anilines is 2. The molecular weight excluding hydrogens is 460 g/mol. The molecule has 2 atom stereocenters. The molecular formula is C27H34N4O5. The van der Waals surface area contributed by atoms with Gasteiger partial charge in [0.25, 0.3) is 5.91 Å². The average molecular weight is 495 g/mol. The van der Waals surface area contributed by atoms with Crippen molar-refractivity contribution < 1.29 is 24.1 Å². The Morgan fingerprint density at radius 2 is 2.11 bits per heavy atom. The molecule has 2 N–H and O–H groups in total. The zero-order valence-electron chi connectivity index (χ0n) is 21.1. The molecule has 36 heavy (non-hydrogen) atoms. The van der Waals surface area contributed by atoms with E-state index < -0.39 is 6.10 Å². The molecule has 4 rings (SSSR count). The van der Waals surface area contributed by atoms with E-state index in [2.05, 4.69) is 15.3 Å². The van der Waals surface area contributed by atoms with Gasteiger partial charge >= 0.3 is 0 Å². The highest BCUT2D eigenvalue weighted by Gasteiger charge is 2.21. The molecule has 1 saturated heterocycles. The number of nitrogens with zero attached hydrogens (tertiary/aromatic N) is 3. The van der Waals surface area contributed by atoms with Gasteiger partial charge in [-0.25, -0.2) is 9.97 Å². The minimum Gasteiger partial charge on any atom is -0.491 e. The van der Waals surface area contributed by atoms with Crippen molar-refractivity contribution in [1.29, 1.82) is 0 Å². The number of hydrogen-bond donors (Lipinski definition) is 2. The molecule has 3 aromatic rings. The molecule has 0 bridgehead atoms. The zero-order chi connectivity index (χ0) is 25.5. The van der Waals surface area contributed by atoms with Crippen molar-refractivity contribution in [2.75, 3.05) is 38.7 Å². The van der Waals surface area contributed by atoms with Crippen molar-refractivity contribution >= 4 is 28.3 Å². The summed E-state index contributed by atoms with van der Waals surface area (Å²) >= 11 is 0. The van der Waals surface area contributed by atoms with Gasteiger partial charge in [0.15, 0.2) is 6.10 Å². The van der Waals surface area contributed by atoms with Crippen LogP contribution in [-0.2, 0) is 9.53 Å². The van der Waals surface area contributed by atoms with E-state index in [9.17, 15) is 4.79 Å². The van der Waals surface area contributed by atoms with Crippen molar-refractivity contribution in [1.82, 2.24) is 14.9 Å². The Labute approximate surface area is 211 Å². The Kier molecular flexibility index (Phi) is 8.56. The summed E-state index contributed by atoms with van der Waals surface area (Å²) in [6.07, 6.45) is 4.24. The van der Waals surface area contributed by atoms with Gasteiger partial charge in [-0.15, -0.1) is 0 Å². The van der Waals surface area contributed by atoms with Gasteiger partial charge < -0.3 is 29.5 Å². The summed E-state index contributed by atoms with van der Waals surface area (Å²) in [5.74, 6) is 1.67. The second-order valence-corrected chi connectivity index (χ2v) is 9.02. The first-order valence-electron chi connectivity index (χ1n) is 12.3. The molecule has 2 aromatic carbocycles. The second kappa shape index (κ2) is 12.0. The SMILES string of the molecule is Cc1cc(Nc2ncnc3cccc(OC(C)C(=O)N(C)CCO)c23)ccc1OCC1CCCCO1. The highest BCUT2D eigenvalue weighted by Crippen LogP contribution is 2.33. The summed E-state index contributed by atoms with van der Waals surface area (Å²) in [5, 5.41) is 13.2. The Balaban J connectivity index is 1.51. The van der Waals surface area contributed by atoms with Gasteiger partial charge in [-0.2, -0.15) is 0 Å². The predicted molar refractivity (Wildman–Crippen MR) is 138 cm³/mol. The molecule has 192 valence electrons. The molecule has 0 radical (unpaired) electrons. The number of amides is 1. The van der Waals surface area contributed by atoms with Crippen LogP contribution >= 0.6 is 0 Å². The Hall–Kier alpha value is -3.43. The lowest BCUT2D eigenvalue weighted by atomic mass is 10.1. The molecule has 2 heterocycles. The lowest BCUT2D eigenvalue weighted by molar-refractivity contribution is -0.136. The van der Waals surface area contributed by atoms with Crippen molar-refractivity contribution in [2.24, 2.45) is 0 Å². The maximum Gasteiger partial charge on any atom is 0.263 e. The van der Waals surface area contributed by atoms with Crippen molar-refractivity contribution in [3.63, 3.8) is 0 Å². The van der Waals surface area contributed by atoms with Crippen LogP contribution < -0.4 is 14.8 Å². The smallest absolute Gasteiger partial charge is 0.263 e. The summed E-state index contributed by atoms with van der Waals surface area (Å²) in [6.45, 7) is 5.18. The molecule has 1 aromatic heterocycles. The quantitative estimate of drug-likeness (QED) is 0.438. The van der Waals surface area contributed by atoms with Gasteiger partial charge in [0.1, 0.15) is 30.3 Å². The van der Waals surface area contributed by atoms with Gasteiger partial charge in [-0.05, 0) is 69.0 Å². The van der Waals surface area contributed by atoms with E-state index in [1.54, 1.807) is 20.0 Å². The van der Waals surface area contributed by atoms with Crippen LogP contribution in [0.25, 0.3) is 10.9 Å². The van der Waals surface area contributed by atoms with E-state index in [0.717, 1.165) is 36.4 Å². The first-order valence-corrected chi connectivity index (χ1v) is 12.3. The number of aromatic nitrogens is 2. The highest BCUT2D eigenvalue weighted by molar-refractivity contribution is 5.96. The largest absolute Gasteiger partial charge is 0.491 e. The molecule has 1 amide bonds. The van der Waals surface area contributed by atoms with Crippen LogP contribution in [0, 0.1) is 6.92 Å². The number of benzene rings is 2. The summed E-state index contributed by atoms with van der Waals surface area (Å²) in [4.78, 5) is 22.9. The molecule has 1 aliphatic heterocycles. The average Bonchev–Trinajstić information content (AvgIpc) is 2.88. The third-order valence-corrected chi connectivity index (χ3v) is 6.22. The monoisotopic (exact) mass is 494 g/mol. The molecule has 1 fully saturated rings. The van der Waals surface area contributed by atoms with Gasteiger partial charge in [-0.3, -0.25) is 4.79 Å². The summed E-state index contributed by atoms with van der Waals surface area (Å²) in [7, 11) is 1.63. The van der Waals surface area contributed by atoms with Crippen LogP contribution in [0.5, 0.6) is 11.5 Å². The Bertz CT molecular complexity index is 1180. The van der Waals surface area contributed by atoms with E-state index in [-0.39, 0.29) is 25.2 Å². The van der Waals surface area contributed by atoms with Crippen LogP contribution in [0.4, 0.5) is 11.5 Å². The van der Waals surface area contributed by atoms with Crippen molar-refractivity contribution in [3.05, 3.63) is 48.3 Å². The van der Waals surface area contributed by atoms with E-state index in [0.29, 0.717) is 29.1 Å². The van der Waals surface area contributed by atoms with Gasteiger partial charge in [0, 0.05) is 25.9 Å². The fourth-order valence-electron chi connectivity index (χ4n) is 4.23. The van der Waals surface area contributed by atoms with Crippen LogP contribution in [0.2, 0.25) is 0 Å². The third kappa shape index (κ3) is 6.22. The lowest BCUT2D eigenvalue weighted by Crippen LogP contribution is -2.39. The number of ether oxygens (including phenoxy) is 3. The number of aliphatic hydroxyl groups excluding tert-OH is 1. The number of rotatable bonds is 10. The van der Waals surface area contributed by atoms with Crippen LogP contribution in [0.3, 0.4) is 0 Å². The van der Waals surface area contributed by atoms with Crippen LogP contribution in [0.1, 0.15) is 31.7 Å². The molecule has 0 spiro atoms. The molecule has 9 heteroatoms. The molecule has 1 aliphatic rings. The number of carbonyl (C=O) groups is 1. The molecule has 9 nitrogen and oxygen atoms in total. The second-order valence-electron chi connectivity index (χ2n) is 9.02. The van der Waals surface area contributed by atoms with Gasteiger partial charge in [0.05, 0.1) is 23.6 Å². The fraction of sp³-hybridized carbons (Fsp3) is 0.444. The number of likely N-dealkylation sites (N-methyl/N-ethyl adjacent to an activating group) is 1. The summed E-state index contributed by atoms with van der Waals surface area (Å²) in [6, 6.07) is 11.4. The van der Waals surface area contributed by atoms with E-state index in [4.69, 9.17) is 19.3 Å². The van der Waals surface area contributed by atoms with Crippen LogP contribution in [-0.4, -0.2) is 71.5 Å². The number of aryl methyl sites for hydroxylation is 1. The highest BCUT2D eigenvalue weighted by atomic mass is 16.5. The zero-order valence-corrected chi connectivity index (χ0v) is 21.1. The number of aliphatic hydroxyl groups is 1. The van der Waals surface area contributed by atoms with Crippen molar-refractivity contribution in [3.8, 4) is 11.5 Å². The Morgan fingerprint density at radius 1 is 1.25 bits per heavy atom.